The maximum atomic E-state index is 11.0. The number of carbonyl (C=O) groups excluding carboxylic acids is 1. The van der Waals surface area contributed by atoms with Crippen molar-refractivity contribution in [2.24, 2.45) is 5.92 Å². The van der Waals surface area contributed by atoms with Crippen LogP contribution in [0.25, 0.3) is 0 Å². The highest BCUT2D eigenvalue weighted by Crippen LogP contribution is 2.12. The molecule has 2 heteroatoms. The molecule has 0 bridgehead atoms. The molecule has 76 valence electrons. The van der Waals surface area contributed by atoms with Crippen molar-refractivity contribution < 1.29 is 9.53 Å². The van der Waals surface area contributed by atoms with Gasteiger partial charge in [0.15, 0.2) is 0 Å². The quantitative estimate of drug-likeness (QED) is 0.468. The van der Waals surface area contributed by atoms with Crippen molar-refractivity contribution in [1.29, 1.82) is 0 Å². The smallest absolute Gasteiger partial charge is 0.333 e. The molecular formula is C11H20O2. The lowest BCUT2D eigenvalue weighted by atomic mass is 10.0. The van der Waals surface area contributed by atoms with Crippen molar-refractivity contribution in [3.8, 4) is 0 Å². The van der Waals surface area contributed by atoms with Crippen LogP contribution in [0.4, 0.5) is 0 Å². The van der Waals surface area contributed by atoms with Crippen molar-refractivity contribution in [2.45, 2.75) is 40.0 Å². The predicted octanol–water partition coefficient (Wildman–Crippen LogP) is 2.93. The number of esters is 1. The zero-order valence-corrected chi connectivity index (χ0v) is 8.93. The van der Waals surface area contributed by atoms with Crippen molar-refractivity contribution in [1.82, 2.24) is 0 Å². The zero-order chi connectivity index (χ0) is 10.3. The first kappa shape index (κ1) is 12.2. The van der Waals surface area contributed by atoms with Gasteiger partial charge < -0.3 is 4.74 Å². The van der Waals surface area contributed by atoms with Crippen LogP contribution >= 0.6 is 0 Å². The first-order valence-electron chi connectivity index (χ1n) is 4.94. The van der Waals surface area contributed by atoms with Crippen LogP contribution in [0.5, 0.6) is 0 Å². The van der Waals surface area contributed by atoms with E-state index in [-0.39, 0.29) is 5.97 Å². The van der Waals surface area contributed by atoms with Crippen LogP contribution in [0.2, 0.25) is 0 Å². The van der Waals surface area contributed by atoms with Crippen LogP contribution in [0.1, 0.15) is 40.0 Å². The first-order chi connectivity index (χ1) is 6.11. The molecule has 0 aliphatic heterocycles. The van der Waals surface area contributed by atoms with Crippen molar-refractivity contribution >= 4 is 5.97 Å². The second-order valence-electron chi connectivity index (χ2n) is 3.39. The average Bonchev–Trinajstić information content (AvgIpc) is 2.12. The van der Waals surface area contributed by atoms with Crippen LogP contribution in [0.15, 0.2) is 12.2 Å². The highest BCUT2D eigenvalue weighted by Gasteiger charge is 2.06. The van der Waals surface area contributed by atoms with Crippen LogP contribution in [0, 0.1) is 5.92 Å². The lowest BCUT2D eigenvalue weighted by Gasteiger charge is -2.11. The van der Waals surface area contributed by atoms with Crippen molar-refractivity contribution in [3.05, 3.63) is 12.2 Å². The fourth-order valence-electron chi connectivity index (χ4n) is 1.14. The zero-order valence-electron chi connectivity index (χ0n) is 8.93. The van der Waals surface area contributed by atoms with Crippen molar-refractivity contribution in [2.75, 3.05) is 6.61 Å². The molecule has 13 heavy (non-hydrogen) atoms. The monoisotopic (exact) mass is 184 g/mol. The summed E-state index contributed by atoms with van der Waals surface area (Å²) in [7, 11) is 0. The van der Waals surface area contributed by atoms with Gasteiger partial charge in [-0.15, -0.1) is 0 Å². The Morgan fingerprint density at radius 3 is 2.31 bits per heavy atom. The Labute approximate surface area is 81.0 Å². The molecular weight excluding hydrogens is 164 g/mol. The molecule has 0 aliphatic rings. The maximum absolute atomic E-state index is 11.0. The van der Waals surface area contributed by atoms with E-state index in [1.165, 1.54) is 0 Å². The summed E-state index contributed by atoms with van der Waals surface area (Å²) in [5.41, 5.74) is 0.476. The Hall–Kier alpha value is -0.790. The van der Waals surface area contributed by atoms with E-state index < -0.39 is 0 Å². The van der Waals surface area contributed by atoms with E-state index in [1.54, 1.807) is 6.92 Å². The van der Waals surface area contributed by atoms with Gasteiger partial charge in [-0.1, -0.05) is 33.3 Å². The second kappa shape index (κ2) is 6.70. The van der Waals surface area contributed by atoms with E-state index in [0.29, 0.717) is 18.1 Å². The Kier molecular flexibility index (Phi) is 6.29. The third kappa shape index (κ3) is 5.45. The SMILES string of the molecule is C=C(C)C(=O)OCCC(CC)CC. The third-order valence-corrected chi connectivity index (χ3v) is 2.26. The minimum Gasteiger partial charge on any atom is -0.462 e. The van der Waals surface area contributed by atoms with Gasteiger partial charge in [-0.05, 0) is 19.3 Å². The molecule has 0 saturated carbocycles. The van der Waals surface area contributed by atoms with E-state index >= 15 is 0 Å². The number of carbonyl (C=O) groups is 1. The molecule has 0 aromatic heterocycles. The molecule has 0 aromatic carbocycles. The molecule has 0 spiro atoms. The molecule has 0 heterocycles. The van der Waals surface area contributed by atoms with Crippen LogP contribution in [-0.2, 0) is 9.53 Å². The van der Waals surface area contributed by atoms with Gasteiger partial charge in [0.05, 0.1) is 6.61 Å². The summed E-state index contributed by atoms with van der Waals surface area (Å²) in [6.45, 7) is 10.0. The van der Waals surface area contributed by atoms with Gasteiger partial charge in [0.25, 0.3) is 0 Å². The summed E-state index contributed by atoms with van der Waals surface area (Å²) < 4.78 is 5.00. The molecule has 0 unspecified atom stereocenters. The van der Waals surface area contributed by atoms with E-state index in [4.69, 9.17) is 4.74 Å². The molecule has 0 atom stereocenters. The van der Waals surface area contributed by atoms with Gasteiger partial charge in [-0.2, -0.15) is 0 Å². The first-order valence-corrected chi connectivity index (χ1v) is 4.94. The average molecular weight is 184 g/mol. The lowest BCUT2D eigenvalue weighted by Crippen LogP contribution is -2.09. The van der Waals surface area contributed by atoms with Gasteiger partial charge in [0.2, 0.25) is 0 Å². The summed E-state index contributed by atoms with van der Waals surface area (Å²) >= 11 is 0. The molecule has 2 nitrogen and oxygen atoms in total. The van der Waals surface area contributed by atoms with Crippen LogP contribution < -0.4 is 0 Å². The summed E-state index contributed by atoms with van der Waals surface area (Å²) in [6.07, 6.45) is 3.27. The molecule has 0 fully saturated rings. The Morgan fingerprint density at radius 2 is 1.92 bits per heavy atom. The molecule has 0 aromatic rings. The molecule has 0 aliphatic carbocycles. The van der Waals surface area contributed by atoms with E-state index in [1.807, 2.05) is 0 Å². The summed E-state index contributed by atoms with van der Waals surface area (Å²) in [4.78, 5) is 11.0. The normalized spacial score (nSPS) is 10.2. The number of ether oxygens (including phenoxy) is 1. The second-order valence-corrected chi connectivity index (χ2v) is 3.39. The predicted molar refractivity (Wildman–Crippen MR) is 54.5 cm³/mol. The largest absolute Gasteiger partial charge is 0.462 e. The highest BCUT2D eigenvalue weighted by atomic mass is 16.5. The van der Waals surface area contributed by atoms with Crippen molar-refractivity contribution in [3.63, 3.8) is 0 Å². The van der Waals surface area contributed by atoms with Gasteiger partial charge in [0, 0.05) is 5.57 Å². The fourth-order valence-corrected chi connectivity index (χ4v) is 1.14. The van der Waals surface area contributed by atoms with Gasteiger partial charge in [0.1, 0.15) is 0 Å². The van der Waals surface area contributed by atoms with E-state index in [0.717, 1.165) is 19.3 Å². The van der Waals surface area contributed by atoms with Gasteiger partial charge in [-0.25, -0.2) is 4.79 Å². The molecule has 0 saturated heterocycles. The summed E-state index contributed by atoms with van der Waals surface area (Å²) in [6, 6.07) is 0. The molecule has 0 radical (unpaired) electrons. The Balaban J connectivity index is 3.54. The van der Waals surface area contributed by atoms with Gasteiger partial charge in [-0.3, -0.25) is 0 Å². The fraction of sp³-hybridized carbons (Fsp3) is 0.727. The number of hydrogen-bond acceptors (Lipinski definition) is 2. The molecule has 0 amide bonds. The van der Waals surface area contributed by atoms with E-state index in [9.17, 15) is 4.79 Å². The minimum absolute atomic E-state index is 0.272. The minimum atomic E-state index is -0.272. The standard InChI is InChI=1S/C11H20O2/c1-5-10(6-2)7-8-13-11(12)9(3)4/h10H,3,5-8H2,1-2,4H3. The third-order valence-electron chi connectivity index (χ3n) is 2.26. The molecule has 0 N–H and O–H groups in total. The highest BCUT2D eigenvalue weighted by molar-refractivity contribution is 5.86. The number of rotatable bonds is 6. The van der Waals surface area contributed by atoms with E-state index in [2.05, 4.69) is 20.4 Å². The van der Waals surface area contributed by atoms with Gasteiger partial charge >= 0.3 is 5.97 Å². The Bertz CT molecular complexity index is 169. The lowest BCUT2D eigenvalue weighted by molar-refractivity contribution is -0.139. The summed E-state index contributed by atoms with van der Waals surface area (Å²) in [5, 5.41) is 0. The maximum Gasteiger partial charge on any atom is 0.333 e. The van der Waals surface area contributed by atoms with Crippen LogP contribution in [-0.4, -0.2) is 12.6 Å². The van der Waals surface area contributed by atoms with Crippen LogP contribution in [0.3, 0.4) is 0 Å². The summed E-state index contributed by atoms with van der Waals surface area (Å²) in [5.74, 6) is 0.406. The Morgan fingerprint density at radius 1 is 1.38 bits per heavy atom. The topological polar surface area (TPSA) is 26.3 Å². The number of hydrogen-bond donors (Lipinski definition) is 0. The molecule has 0 rings (SSSR count).